The molecule has 1 aromatic rings. The predicted molar refractivity (Wildman–Crippen MR) is 95.0 cm³/mol. The van der Waals surface area contributed by atoms with Gasteiger partial charge in [-0.25, -0.2) is 0 Å². The maximum Gasteiger partial charge on any atom is 0.313 e. The summed E-state index contributed by atoms with van der Waals surface area (Å²) in [5, 5.41) is 9.77. The highest BCUT2D eigenvalue weighted by Gasteiger charge is 2.57. The van der Waals surface area contributed by atoms with Crippen LogP contribution in [0.4, 0.5) is 5.69 Å². The molecule has 3 saturated heterocycles. The number of anilines is 1. The number of aliphatic carboxylic acids is 1. The van der Waals surface area contributed by atoms with Crippen molar-refractivity contribution in [1.82, 2.24) is 9.80 Å². The minimum atomic E-state index is -0.868. The summed E-state index contributed by atoms with van der Waals surface area (Å²) in [4.78, 5) is 42.3. The number of benzene rings is 1. The molecule has 7 nitrogen and oxygen atoms in total. The molecule has 26 heavy (non-hydrogen) atoms. The van der Waals surface area contributed by atoms with Gasteiger partial charge in [-0.1, -0.05) is 6.07 Å². The minimum Gasteiger partial charge on any atom is -0.481 e. The maximum absolute atomic E-state index is 13.0. The molecule has 1 aromatic carbocycles. The molecule has 0 spiro atoms. The zero-order valence-corrected chi connectivity index (χ0v) is 14.9. The van der Waals surface area contributed by atoms with Crippen molar-refractivity contribution in [1.29, 1.82) is 0 Å². The van der Waals surface area contributed by atoms with Crippen LogP contribution in [0.2, 0.25) is 0 Å². The summed E-state index contributed by atoms with van der Waals surface area (Å²) >= 11 is 0. The Morgan fingerprint density at radius 2 is 2.04 bits per heavy atom. The molecule has 3 heterocycles. The lowest BCUT2D eigenvalue weighted by Crippen LogP contribution is -2.41. The van der Waals surface area contributed by atoms with Gasteiger partial charge in [0.05, 0.1) is 0 Å². The highest BCUT2D eigenvalue weighted by atomic mass is 16.4. The summed E-state index contributed by atoms with van der Waals surface area (Å²) in [5.74, 6) is -0.940. The number of carboxylic acids is 1. The van der Waals surface area contributed by atoms with E-state index in [1.165, 1.54) is 0 Å². The van der Waals surface area contributed by atoms with Crippen molar-refractivity contribution >= 4 is 23.5 Å². The van der Waals surface area contributed by atoms with Crippen LogP contribution in [0.1, 0.15) is 23.2 Å². The molecule has 0 radical (unpaired) electrons. The molecule has 1 N–H and O–H groups in total. The van der Waals surface area contributed by atoms with E-state index in [0.29, 0.717) is 38.2 Å². The van der Waals surface area contributed by atoms with E-state index in [0.717, 1.165) is 12.1 Å². The second kappa shape index (κ2) is 6.09. The fourth-order valence-corrected chi connectivity index (χ4v) is 4.68. The summed E-state index contributed by atoms with van der Waals surface area (Å²) < 4.78 is 0. The monoisotopic (exact) mass is 357 g/mol. The Morgan fingerprint density at radius 3 is 2.69 bits per heavy atom. The Kier molecular flexibility index (Phi) is 3.99. The summed E-state index contributed by atoms with van der Waals surface area (Å²) in [7, 11) is 1.92. The van der Waals surface area contributed by atoms with E-state index in [4.69, 9.17) is 0 Å². The van der Waals surface area contributed by atoms with Crippen molar-refractivity contribution in [2.45, 2.75) is 12.8 Å². The summed E-state index contributed by atoms with van der Waals surface area (Å²) in [6, 6.07) is 7.11. The maximum atomic E-state index is 13.0. The summed E-state index contributed by atoms with van der Waals surface area (Å²) in [6.45, 7) is 2.54. The smallest absolute Gasteiger partial charge is 0.313 e. The highest BCUT2D eigenvalue weighted by molar-refractivity contribution is 5.99. The van der Waals surface area contributed by atoms with E-state index < -0.39 is 11.4 Å². The van der Waals surface area contributed by atoms with Crippen LogP contribution in [0, 0.1) is 11.3 Å². The Hall–Kier alpha value is -2.41. The molecule has 2 atom stereocenters. The molecule has 0 saturated carbocycles. The largest absolute Gasteiger partial charge is 0.481 e. The Bertz CT molecular complexity index is 780. The zero-order chi connectivity index (χ0) is 18.5. The third-order valence-electron chi connectivity index (χ3n) is 5.97. The van der Waals surface area contributed by atoms with E-state index in [9.17, 15) is 19.5 Å². The molecule has 3 fully saturated rings. The van der Waals surface area contributed by atoms with Crippen molar-refractivity contribution in [2.24, 2.45) is 11.3 Å². The molecule has 138 valence electrons. The van der Waals surface area contributed by atoms with Crippen molar-refractivity contribution < 1.29 is 19.5 Å². The Morgan fingerprint density at radius 1 is 1.23 bits per heavy atom. The molecule has 7 heteroatoms. The molecule has 0 aliphatic carbocycles. The van der Waals surface area contributed by atoms with Crippen LogP contribution in [0.25, 0.3) is 0 Å². The standard InChI is InChI=1S/C19H23N3O4/c1-20-9-14-10-21(12-19(14,11-20)18(25)26)17(24)13-4-2-5-15(8-13)22-7-3-6-16(22)23/h2,4-5,8,14H,3,6-7,9-12H2,1H3,(H,25,26)/t14-,19-/m1/s1. The lowest BCUT2D eigenvalue weighted by molar-refractivity contribution is -0.148. The van der Waals surface area contributed by atoms with Crippen molar-refractivity contribution in [3.05, 3.63) is 29.8 Å². The van der Waals surface area contributed by atoms with Gasteiger partial charge in [-0.2, -0.15) is 0 Å². The second-order valence-electron chi connectivity index (χ2n) is 7.74. The molecule has 0 unspecified atom stereocenters. The average Bonchev–Trinajstić information content (AvgIpc) is 3.26. The number of carbonyl (C=O) groups is 3. The molecular formula is C19H23N3O4. The van der Waals surface area contributed by atoms with Gasteiger partial charge in [0, 0.05) is 56.3 Å². The molecule has 0 bridgehead atoms. The number of hydrogen-bond donors (Lipinski definition) is 1. The van der Waals surface area contributed by atoms with E-state index in [1.807, 2.05) is 18.0 Å². The molecule has 2 amide bonds. The number of likely N-dealkylation sites (tertiary alicyclic amines) is 2. The van der Waals surface area contributed by atoms with Crippen LogP contribution < -0.4 is 4.90 Å². The number of hydrogen-bond acceptors (Lipinski definition) is 4. The number of carbonyl (C=O) groups excluding carboxylic acids is 2. The second-order valence-corrected chi connectivity index (χ2v) is 7.74. The number of amides is 2. The molecule has 3 aliphatic heterocycles. The van der Waals surface area contributed by atoms with Crippen molar-refractivity contribution in [3.63, 3.8) is 0 Å². The molecular weight excluding hydrogens is 334 g/mol. The van der Waals surface area contributed by atoms with E-state index in [2.05, 4.69) is 0 Å². The Labute approximate surface area is 152 Å². The SMILES string of the molecule is CN1C[C@@H]2CN(C(=O)c3cccc(N4CCCC4=O)c3)C[C@]2(C(=O)O)C1. The van der Waals surface area contributed by atoms with E-state index in [1.54, 1.807) is 28.0 Å². The average molecular weight is 357 g/mol. The van der Waals surface area contributed by atoms with Gasteiger partial charge in [-0.15, -0.1) is 0 Å². The van der Waals surface area contributed by atoms with Crippen LogP contribution in [-0.4, -0.2) is 72.5 Å². The van der Waals surface area contributed by atoms with Crippen LogP contribution >= 0.6 is 0 Å². The van der Waals surface area contributed by atoms with Gasteiger partial charge >= 0.3 is 5.97 Å². The Balaban J connectivity index is 1.56. The normalized spacial score (nSPS) is 28.7. The lowest BCUT2D eigenvalue weighted by atomic mass is 9.81. The van der Waals surface area contributed by atoms with Crippen molar-refractivity contribution in [3.8, 4) is 0 Å². The van der Waals surface area contributed by atoms with Crippen LogP contribution in [0.3, 0.4) is 0 Å². The third-order valence-corrected chi connectivity index (χ3v) is 5.97. The van der Waals surface area contributed by atoms with Gasteiger partial charge in [0.15, 0.2) is 0 Å². The fraction of sp³-hybridized carbons (Fsp3) is 0.526. The fourth-order valence-electron chi connectivity index (χ4n) is 4.68. The summed E-state index contributed by atoms with van der Waals surface area (Å²) in [6.07, 6.45) is 1.38. The first kappa shape index (κ1) is 17.0. The quantitative estimate of drug-likeness (QED) is 0.869. The first-order valence-electron chi connectivity index (χ1n) is 9.02. The summed E-state index contributed by atoms with van der Waals surface area (Å²) in [5.41, 5.74) is 0.383. The van der Waals surface area contributed by atoms with E-state index in [-0.39, 0.29) is 24.3 Å². The highest BCUT2D eigenvalue weighted by Crippen LogP contribution is 2.42. The lowest BCUT2D eigenvalue weighted by Gasteiger charge is -2.24. The van der Waals surface area contributed by atoms with Gasteiger partial charge in [0.2, 0.25) is 5.91 Å². The van der Waals surface area contributed by atoms with Gasteiger partial charge in [0.1, 0.15) is 5.41 Å². The van der Waals surface area contributed by atoms with Gasteiger partial charge < -0.3 is 19.8 Å². The molecule has 3 aliphatic rings. The van der Waals surface area contributed by atoms with Gasteiger partial charge in [-0.05, 0) is 31.7 Å². The van der Waals surface area contributed by atoms with Crippen LogP contribution in [-0.2, 0) is 9.59 Å². The first-order valence-corrected chi connectivity index (χ1v) is 9.02. The predicted octanol–water partition coefficient (Wildman–Crippen LogP) is 0.902. The number of carboxylic acid groups (broad SMARTS) is 1. The number of fused-ring (bicyclic) bond motifs is 1. The van der Waals surface area contributed by atoms with Gasteiger partial charge in [-0.3, -0.25) is 14.4 Å². The third kappa shape index (κ3) is 2.58. The number of rotatable bonds is 3. The topological polar surface area (TPSA) is 81.2 Å². The van der Waals surface area contributed by atoms with Crippen molar-refractivity contribution in [2.75, 3.05) is 44.7 Å². The molecule has 4 rings (SSSR count). The van der Waals surface area contributed by atoms with E-state index >= 15 is 0 Å². The molecule has 0 aromatic heterocycles. The first-order chi connectivity index (χ1) is 12.4. The van der Waals surface area contributed by atoms with Gasteiger partial charge in [0.25, 0.3) is 5.91 Å². The van der Waals surface area contributed by atoms with Crippen LogP contribution in [0.5, 0.6) is 0 Å². The zero-order valence-electron chi connectivity index (χ0n) is 14.9. The minimum absolute atomic E-state index is 0.0442. The number of nitrogens with zero attached hydrogens (tertiary/aromatic N) is 3. The van der Waals surface area contributed by atoms with Crippen LogP contribution in [0.15, 0.2) is 24.3 Å².